The highest BCUT2D eigenvalue weighted by molar-refractivity contribution is 5.92. The van der Waals surface area contributed by atoms with E-state index < -0.39 is 5.97 Å². The second kappa shape index (κ2) is 6.05. The normalized spacial score (nSPS) is 11.4. The van der Waals surface area contributed by atoms with E-state index in [1.165, 1.54) is 0 Å². The predicted octanol–water partition coefficient (Wildman–Crippen LogP) is 3.09. The Morgan fingerprint density at radius 2 is 1.68 bits per heavy atom. The van der Waals surface area contributed by atoms with Crippen LogP contribution in [0, 0.1) is 0 Å². The Kier molecular flexibility index (Phi) is 3.78. The number of nitrogens with one attached hydrogen (secondary N) is 1. The Morgan fingerprint density at radius 1 is 1.00 bits per heavy atom. The second-order valence-corrected chi connectivity index (χ2v) is 4.71. The average Bonchev–Trinajstić information content (AvgIpc) is 3.08. The molecule has 0 radical (unpaired) electrons. The van der Waals surface area contributed by atoms with E-state index in [-0.39, 0.29) is 5.56 Å². The molecule has 0 atom stereocenters. The molecule has 1 heterocycles. The fourth-order valence-electron chi connectivity index (χ4n) is 2.14. The van der Waals surface area contributed by atoms with E-state index in [9.17, 15) is 4.79 Å². The van der Waals surface area contributed by atoms with E-state index >= 15 is 0 Å². The van der Waals surface area contributed by atoms with Crippen molar-refractivity contribution in [3.63, 3.8) is 0 Å². The lowest BCUT2D eigenvalue weighted by molar-refractivity contribution is 0.0697. The van der Waals surface area contributed by atoms with Gasteiger partial charge in [-0.15, -0.1) is 0 Å². The average molecular weight is 291 g/mol. The number of H-pyrrole nitrogens is 1. The number of aromatic amines is 1. The molecule has 1 aromatic heterocycles. The summed E-state index contributed by atoms with van der Waals surface area (Å²) in [5.74, 6) is -0.943. The number of aromatic nitrogens is 3. The maximum absolute atomic E-state index is 11.0. The van der Waals surface area contributed by atoms with Crippen LogP contribution in [0.25, 0.3) is 11.6 Å². The highest BCUT2D eigenvalue weighted by Gasteiger charge is 2.10. The van der Waals surface area contributed by atoms with E-state index in [0.717, 1.165) is 16.7 Å². The maximum Gasteiger partial charge on any atom is 0.335 e. The van der Waals surface area contributed by atoms with Gasteiger partial charge in [0.2, 0.25) is 0 Å². The predicted molar refractivity (Wildman–Crippen MR) is 83.2 cm³/mol. The van der Waals surface area contributed by atoms with Crippen LogP contribution in [0.5, 0.6) is 0 Å². The lowest BCUT2D eigenvalue weighted by Gasteiger charge is -2.06. The molecule has 0 aliphatic heterocycles. The van der Waals surface area contributed by atoms with Gasteiger partial charge in [-0.25, -0.2) is 4.79 Å². The number of carboxylic acid groups (broad SMARTS) is 1. The van der Waals surface area contributed by atoms with Crippen molar-refractivity contribution >= 4 is 17.6 Å². The summed E-state index contributed by atoms with van der Waals surface area (Å²) in [6, 6.07) is 16.6. The molecule has 0 saturated heterocycles. The van der Waals surface area contributed by atoms with Gasteiger partial charge < -0.3 is 5.11 Å². The van der Waals surface area contributed by atoms with Crippen molar-refractivity contribution in [2.75, 3.05) is 0 Å². The number of hydrogen-bond donors (Lipinski definition) is 2. The lowest BCUT2D eigenvalue weighted by Crippen LogP contribution is -1.96. The Labute approximate surface area is 126 Å². The van der Waals surface area contributed by atoms with Gasteiger partial charge in [0, 0.05) is 5.57 Å². The van der Waals surface area contributed by atoms with Crippen LogP contribution in [0.15, 0.2) is 60.8 Å². The van der Waals surface area contributed by atoms with Crippen LogP contribution in [-0.2, 0) is 0 Å². The second-order valence-electron chi connectivity index (χ2n) is 4.71. The molecule has 0 aliphatic rings. The Bertz CT molecular complexity index is 792. The minimum absolute atomic E-state index is 0.253. The molecule has 3 rings (SSSR count). The largest absolute Gasteiger partial charge is 0.478 e. The third-order valence-electron chi connectivity index (χ3n) is 3.24. The standard InChI is InChI=1S/C17H13N3O2/c21-17(22)14-8-6-13(7-9-14)15(16-11-18-20-19-16)10-12-4-2-1-3-5-12/h1-11H,(H,21,22)(H,18,19,20). The fraction of sp³-hybridized carbons (Fsp3) is 0. The summed E-state index contributed by atoms with van der Waals surface area (Å²) < 4.78 is 0. The summed E-state index contributed by atoms with van der Waals surface area (Å²) in [6.07, 6.45) is 3.63. The maximum atomic E-state index is 11.0. The van der Waals surface area contributed by atoms with Crippen LogP contribution in [0.4, 0.5) is 0 Å². The van der Waals surface area contributed by atoms with Gasteiger partial charge in [0.1, 0.15) is 5.69 Å². The highest BCUT2D eigenvalue weighted by atomic mass is 16.4. The molecule has 108 valence electrons. The van der Waals surface area contributed by atoms with Crippen LogP contribution in [0.1, 0.15) is 27.2 Å². The summed E-state index contributed by atoms with van der Waals surface area (Å²) in [5, 5.41) is 19.6. The van der Waals surface area contributed by atoms with E-state index in [4.69, 9.17) is 5.11 Å². The van der Waals surface area contributed by atoms with Gasteiger partial charge in [-0.3, -0.25) is 0 Å². The van der Waals surface area contributed by atoms with Gasteiger partial charge in [0.15, 0.2) is 0 Å². The van der Waals surface area contributed by atoms with E-state index in [2.05, 4.69) is 15.4 Å². The van der Waals surface area contributed by atoms with Gasteiger partial charge >= 0.3 is 5.97 Å². The lowest BCUT2D eigenvalue weighted by atomic mass is 9.99. The van der Waals surface area contributed by atoms with Crippen molar-refractivity contribution < 1.29 is 9.90 Å². The molecule has 0 saturated carbocycles. The first-order valence-corrected chi connectivity index (χ1v) is 6.70. The number of carboxylic acids is 1. The summed E-state index contributed by atoms with van der Waals surface area (Å²) in [6.45, 7) is 0. The van der Waals surface area contributed by atoms with Crippen LogP contribution in [0.2, 0.25) is 0 Å². The zero-order valence-electron chi connectivity index (χ0n) is 11.6. The first kappa shape index (κ1) is 13.8. The number of benzene rings is 2. The smallest absolute Gasteiger partial charge is 0.335 e. The zero-order chi connectivity index (χ0) is 15.4. The molecule has 5 nitrogen and oxygen atoms in total. The minimum atomic E-state index is -0.943. The van der Waals surface area contributed by atoms with Gasteiger partial charge in [0.05, 0.1) is 11.8 Å². The molecule has 3 aromatic rings. The molecule has 2 aromatic carbocycles. The Morgan fingerprint density at radius 3 is 2.27 bits per heavy atom. The van der Waals surface area contributed by atoms with Crippen molar-refractivity contribution in [3.8, 4) is 0 Å². The van der Waals surface area contributed by atoms with Gasteiger partial charge in [0.25, 0.3) is 0 Å². The van der Waals surface area contributed by atoms with Gasteiger partial charge in [-0.1, -0.05) is 42.5 Å². The number of nitrogens with zero attached hydrogens (tertiary/aromatic N) is 2. The first-order chi connectivity index (χ1) is 10.7. The molecule has 0 aliphatic carbocycles. The molecular weight excluding hydrogens is 278 g/mol. The van der Waals surface area contributed by atoms with Crippen molar-refractivity contribution in [2.45, 2.75) is 0 Å². The SMILES string of the molecule is O=C(O)c1ccc(C(=Cc2ccccc2)c2cn[nH]n2)cc1. The van der Waals surface area contributed by atoms with Crippen molar-refractivity contribution in [1.82, 2.24) is 15.4 Å². The minimum Gasteiger partial charge on any atom is -0.478 e. The number of aromatic carboxylic acids is 1. The fourth-order valence-corrected chi connectivity index (χ4v) is 2.14. The molecular formula is C17H13N3O2. The number of rotatable bonds is 4. The Hall–Kier alpha value is -3.21. The van der Waals surface area contributed by atoms with Gasteiger partial charge in [-0.2, -0.15) is 15.4 Å². The summed E-state index contributed by atoms with van der Waals surface area (Å²) in [4.78, 5) is 11.0. The van der Waals surface area contributed by atoms with Crippen LogP contribution in [-0.4, -0.2) is 26.5 Å². The summed E-state index contributed by atoms with van der Waals surface area (Å²) in [5.41, 5.74) is 3.73. The molecule has 2 N–H and O–H groups in total. The molecule has 0 bridgehead atoms. The van der Waals surface area contributed by atoms with E-state index in [1.807, 2.05) is 36.4 Å². The quantitative estimate of drug-likeness (QED) is 0.724. The number of hydrogen-bond acceptors (Lipinski definition) is 3. The zero-order valence-corrected chi connectivity index (χ0v) is 11.6. The van der Waals surface area contributed by atoms with Crippen molar-refractivity contribution in [2.24, 2.45) is 0 Å². The molecule has 0 spiro atoms. The molecule has 22 heavy (non-hydrogen) atoms. The third-order valence-corrected chi connectivity index (χ3v) is 3.24. The molecule has 0 fully saturated rings. The molecule has 0 amide bonds. The first-order valence-electron chi connectivity index (χ1n) is 6.70. The summed E-state index contributed by atoms with van der Waals surface area (Å²) in [7, 11) is 0. The monoisotopic (exact) mass is 291 g/mol. The van der Waals surface area contributed by atoms with E-state index in [1.54, 1.807) is 30.5 Å². The van der Waals surface area contributed by atoms with Gasteiger partial charge in [-0.05, 0) is 29.3 Å². The van der Waals surface area contributed by atoms with Crippen LogP contribution < -0.4 is 0 Å². The number of carbonyl (C=O) groups is 1. The van der Waals surface area contributed by atoms with Crippen LogP contribution >= 0.6 is 0 Å². The van der Waals surface area contributed by atoms with Crippen molar-refractivity contribution in [1.29, 1.82) is 0 Å². The highest BCUT2D eigenvalue weighted by Crippen LogP contribution is 2.24. The van der Waals surface area contributed by atoms with E-state index in [0.29, 0.717) is 5.69 Å². The topological polar surface area (TPSA) is 78.9 Å². The molecule has 0 unspecified atom stereocenters. The van der Waals surface area contributed by atoms with Crippen molar-refractivity contribution in [3.05, 3.63) is 83.2 Å². The summed E-state index contributed by atoms with van der Waals surface area (Å²) >= 11 is 0. The van der Waals surface area contributed by atoms with Crippen LogP contribution in [0.3, 0.4) is 0 Å². The third kappa shape index (κ3) is 2.93. The Balaban J connectivity index is 2.06. The molecule has 5 heteroatoms.